The molecular weight excluding hydrogens is 929 g/mol. The summed E-state index contributed by atoms with van der Waals surface area (Å²) in [6.07, 6.45) is 0. The number of hydrogen-bond donors (Lipinski definition) is 0. The van der Waals surface area contributed by atoms with Crippen molar-refractivity contribution in [1.82, 2.24) is 28.7 Å². The minimum absolute atomic E-state index is 0.557. The van der Waals surface area contributed by atoms with Crippen LogP contribution in [-0.2, 0) is 0 Å². The second kappa shape index (κ2) is 16.6. The van der Waals surface area contributed by atoms with Gasteiger partial charge in [0.25, 0.3) is 0 Å². The molecule has 354 valence electrons. The molecule has 0 saturated carbocycles. The van der Waals surface area contributed by atoms with Crippen molar-refractivity contribution in [2.75, 3.05) is 0 Å². The molecule has 0 radical (unpaired) electrons. The third-order valence-electron chi connectivity index (χ3n) is 15.3. The van der Waals surface area contributed by atoms with Crippen molar-refractivity contribution < 1.29 is 4.42 Å². The lowest BCUT2D eigenvalue weighted by Crippen LogP contribution is -2.01. The van der Waals surface area contributed by atoms with Crippen LogP contribution in [0.15, 0.2) is 259 Å². The van der Waals surface area contributed by atoms with E-state index in [4.69, 9.17) is 19.4 Å². The zero-order valence-electron chi connectivity index (χ0n) is 40.8. The van der Waals surface area contributed by atoms with E-state index >= 15 is 0 Å². The number of fused-ring (bicyclic) bond motifs is 12. The van der Waals surface area contributed by atoms with Crippen molar-refractivity contribution in [1.29, 1.82) is 0 Å². The van der Waals surface area contributed by atoms with Crippen molar-refractivity contribution in [3.05, 3.63) is 255 Å². The molecule has 16 rings (SSSR count). The first-order chi connectivity index (χ1) is 37.7. The number of nitrogens with zero attached hydrogens (tertiary/aromatic N) is 6. The summed E-state index contributed by atoms with van der Waals surface area (Å²) in [7, 11) is 0. The summed E-state index contributed by atoms with van der Waals surface area (Å²) < 4.78 is 13.8. The van der Waals surface area contributed by atoms with Crippen LogP contribution in [0.5, 0.6) is 0 Å². The number of aromatic nitrogens is 6. The maximum atomic E-state index is 6.74. The molecule has 0 spiro atoms. The van der Waals surface area contributed by atoms with Crippen LogP contribution in [-0.4, -0.2) is 28.7 Å². The summed E-state index contributed by atoms with van der Waals surface area (Å²) in [5.74, 6) is 1.72. The first-order valence-electron chi connectivity index (χ1n) is 25.7. The average Bonchev–Trinajstić information content (AvgIpc) is 4.25. The van der Waals surface area contributed by atoms with Crippen LogP contribution < -0.4 is 0 Å². The maximum Gasteiger partial charge on any atom is 0.164 e. The molecule has 0 fully saturated rings. The van der Waals surface area contributed by atoms with Gasteiger partial charge >= 0.3 is 0 Å². The van der Waals surface area contributed by atoms with E-state index in [1.165, 1.54) is 16.3 Å². The molecule has 0 aliphatic heterocycles. The van der Waals surface area contributed by atoms with Crippen molar-refractivity contribution in [3.8, 4) is 62.4 Å². The number of para-hydroxylation sites is 6. The van der Waals surface area contributed by atoms with E-state index in [0.29, 0.717) is 17.5 Å². The molecule has 0 atom stereocenters. The largest absolute Gasteiger partial charge is 0.456 e. The number of benzene rings is 11. The smallest absolute Gasteiger partial charge is 0.164 e. The minimum Gasteiger partial charge on any atom is -0.456 e. The van der Waals surface area contributed by atoms with Crippen LogP contribution in [0, 0.1) is 0 Å². The Morgan fingerprint density at radius 2 is 0.632 bits per heavy atom. The molecular formula is C69H42N6O. The average molecular weight is 971 g/mol. The highest BCUT2D eigenvalue weighted by atomic mass is 16.3. The van der Waals surface area contributed by atoms with Gasteiger partial charge in [0.1, 0.15) is 11.2 Å². The van der Waals surface area contributed by atoms with Gasteiger partial charge < -0.3 is 18.1 Å². The highest BCUT2D eigenvalue weighted by Crippen LogP contribution is 2.44. The Kier molecular flexibility index (Phi) is 9.20. The number of furan rings is 1. The summed E-state index contributed by atoms with van der Waals surface area (Å²) in [4.78, 5) is 16.7. The van der Waals surface area contributed by atoms with Gasteiger partial charge in [-0.25, -0.2) is 15.0 Å². The summed E-state index contributed by atoms with van der Waals surface area (Å²) in [5, 5.41) is 8.72. The van der Waals surface area contributed by atoms with E-state index in [2.05, 4.69) is 256 Å². The predicted octanol–water partition coefficient (Wildman–Crippen LogP) is 17.7. The molecule has 0 N–H and O–H groups in total. The third-order valence-corrected chi connectivity index (χ3v) is 15.3. The molecule has 0 unspecified atom stereocenters. The fourth-order valence-corrected chi connectivity index (χ4v) is 12.1. The summed E-state index contributed by atoms with van der Waals surface area (Å²) in [6, 6.07) is 90.2. The zero-order chi connectivity index (χ0) is 49.8. The van der Waals surface area contributed by atoms with Crippen molar-refractivity contribution in [2.24, 2.45) is 0 Å². The molecule has 5 heterocycles. The van der Waals surface area contributed by atoms with Gasteiger partial charge in [0, 0.05) is 76.8 Å². The van der Waals surface area contributed by atoms with Gasteiger partial charge in [0.05, 0.1) is 33.1 Å². The molecule has 7 heteroatoms. The van der Waals surface area contributed by atoms with Crippen LogP contribution in [0.4, 0.5) is 0 Å². The van der Waals surface area contributed by atoms with Crippen LogP contribution >= 0.6 is 0 Å². The Hall–Kier alpha value is -10.4. The summed E-state index contributed by atoms with van der Waals surface area (Å²) >= 11 is 0. The van der Waals surface area contributed by atoms with Gasteiger partial charge in [0.2, 0.25) is 0 Å². The number of rotatable bonds is 7. The van der Waals surface area contributed by atoms with Crippen LogP contribution in [0.25, 0.3) is 150 Å². The molecule has 76 heavy (non-hydrogen) atoms. The van der Waals surface area contributed by atoms with E-state index in [0.717, 1.165) is 116 Å². The fraction of sp³-hybridized carbons (Fsp3) is 0. The minimum atomic E-state index is 0.557. The molecule has 5 aromatic heterocycles. The third kappa shape index (κ3) is 6.33. The van der Waals surface area contributed by atoms with Crippen molar-refractivity contribution in [2.45, 2.75) is 0 Å². The lowest BCUT2D eigenvalue weighted by atomic mass is 9.99. The topological polar surface area (TPSA) is 66.6 Å². The molecule has 11 aromatic carbocycles. The highest BCUT2D eigenvalue weighted by molar-refractivity contribution is 6.18. The van der Waals surface area contributed by atoms with Crippen LogP contribution in [0.2, 0.25) is 0 Å². The second-order valence-corrected chi connectivity index (χ2v) is 19.5. The fourth-order valence-electron chi connectivity index (χ4n) is 12.1. The second-order valence-electron chi connectivity index (χ2n) is 19.5. The maximum absolute atomic E-state index is 6.74. The van der Waals surface area contributed by atoms with Gasteiger partial charge in [0.15, 0.2) is 17.5 Å². The molecule has 16 aromatic rings. The molecule has 7 nitrogen and oxygen atoms in total. The lowest BCUT2D eigenvalue weighted by Gasteiger charge is -2.12. The van der Waals surface area contributed by atoms with E-state index in [1.54, 1.807) is 0 Å². The first kappa shape index (κ1) is 42.2. The SMILES string of the molecule is c1ccc(-n2c3ccccc3c3cc(-c4ccc5oc6cccc(-c7nc(-c8cccc9c8c8ccccc8n9-c8ccccc8)nc(-c8cccc9c8c8ccccc8n9-c8ccccc8)n7)c6c5c4)ccc32)cc1. The zero-order valence-corrected chi connectivity index (χ0v) is 40.8. The predicted molar refractivity (Wildman–Crippen MR) is 312 cm³/mol. The van der Waals surface area contributed by atoms with E-state index in [1.807, 2.05) is 12.1 Å². The Morgan fingerprint density at radius 3 is 1.16 bits per heavy atom. The Balaban J connectivity index is 0.945. The first-order valence-corrected chi connectivity index (χ1v) is 25.7. The Bertz CT molecular complexity index is 4810. The van der Waals surface area contributed by atoms with Gasteiger partial charge in [-0.15, -0.1) is 0 Å². The van der Waals surface area contributed by atoms with Crippen molar-refractivity contribution >= 4 is 87.4 Å². The van der Waals surface area contributed by atoms with Crippen LogP contribution in [0.1, 0.15) is 0 Å². The molecule has 0 amide bonds. The Morgan fingerprint density at radius 1 is 0.250 bits per heavy atom. The standard InChI is InChI=1S/C69H42N6O/c1-4-19-45(20-5-1)73-56-31-13-10-25-48(56)54-41-43(37-39-59(54)73)44-38-40-62-55(42-44)66-53(30-18-36-63(66)76-62)69-71-67(51-28-16-34-60-64(51)49-26-11-14-32-57(49)74(60)46-21-6-2-7-22-46)70-68(72-69)52-29-17-35-61-65(52)50-27-12-15-33-58(50)75(61)47-23-8-3-9-24-47/h1-42H. The molecule has 0 saturated heterocycles. The van der Waals surface area contributed by atoms with E-state index in [9.17, 15) is 0 Å². The monoisotopic (exact) mass is 970 g/mol. The van der Waals surface area contributed by atoms with Crippen molar-refractivity contribution in [3.63, 3.8) is 0 Å². The highest BCUT2D eigenvalue weighted by Gasteiger charge is 2.24. The van der Waals surface area contributed by atoms with Gasteiger partial charge in [-0.1, -0.05) is 158 Å². The normalized spacial score (nSPS) is 11.9. The Labute approximate surface area is 435 Å². The van der Waals surface area contributed by atoms with E-state index in [-0.39, 0.29) is 0 Å². The van der Waals surface area contributed by atoms with Crippen LogP contribution in [0.3, 0.4) is 0 Å². The van der Waals surface area contributed by atoms with Gasteiger partial charge in [-0.05, 0) is 108 Å². The van der Waals surface area contributed by atoms with Gasteiger partial charge in [-0.2, -0.15) is 0 Å². The number of hydrogen-bond acceptors (Lipinski definition) is 4. The summed E-state index contributed by atoms with van der Waals surface area (Å²) in [5.41, 5.74) is 16.4. The summed E-state index contributed by atoms with van der Waals surface area (Å²) in [6.45, 7) is 0. The lowest BCUT2D eigenvalue weighted by molar-refractivity contribution is 0.669. The molecule has 0 aliphatic carbocycles. The van der Waals surface area contributed by atoms with E-state index < -0.39 is 0 Å². The quantitative estimate of drug-likeness (QED) is 0.160. The molecule has 0 bridgehead atoms. The van der Waals surface area contributed by atoms with Gasteiger partial charge in [-0.3, -0.25) is 0 Å². The molecule has 0 aliphatic rings.